The summed E-state index contributed by atoms with van der Waals surface area (Å²) in [4.78, 5) is 10.3. The molecule has 3 N–H and O–H groups in total. The average Bonchev–Trinajstić information content (AvgIpc) is 1.97. The molecule has 0 saturated heterocycles. The minimum absolute atomic E-state index is 0.0463. The Morgan fingerprint density at radius 1 is 1.58 bits per heavy atom. The smallest absolute Gasteiger partial charge is 0.308 e. The first-order chi connectivity index (χ1) is 5.61. The van der Waals surface area contributed by atoms with Crippen molar-refractivity contribution in [2.24, 2.45) is 0 Å². The zero-order valence-electron chi connectivity index (χ0n) is 6.25. The number of aliphatic carboxylic acids is 1. The Bertz CT molecular complexity index is 292. The quantitative estimate of drug-likeness (QED) is 0.650. The van der Waals surface area contributed by atoms with Gasteiger partial charge in [0.15, 0.2) is 0 Å². The van der Waals surface area contributed by atoms with Crippen LogP contribution in [-0.2, 0) is 11.2 Å². The number of anilines is 1. The maximum Gasteiger partial charge on any atom is 0.308 e. The van der Waals surface area contributed by atoms with Crippen LogP contribution in [0.4, 0.5) is 10.1 Å². The minimum Gasteiger partial charge on any atom is -0.481 e. The van der Waals surface area contributed by atoms with E-state index in [0.717, 1.165) is 0 Å². The molecule has 0 unspecified atom stereocenters. The highest BCUT2D eigenvalue weighted by atomic mass is 19.1. The molecular weight excluding hydrogens is 161 g/mol. The highest BCUT2D eigenvalue weighted by Gasteiger charge is 2.09. The molecule has 0 aliphatic heterocycles. The molecule has 0 aliphatic rings. The zero-order chi connectivity index (χ0) is 9.14. The lowest BCUT2D eigenvalue weighted by atomic mass is 10.1. The lowest BCUT2D eigenvalue weighted by Gasteiger charge is -2.02. The third-order valence-electron chi connectivity index (χ3n) is 1.48. The first kappa shape index (κ1) is 8.52. The summed E-state index contributed by atoms with van der Waals surface area (Å²) >= 11 is 0. The van der Waals surface area contributed by atoms with E-state index in [1.807, 2.05) is 0 Å². The van der Waals surface area contributed by atoms with Crippen molar-refractivity contribution in [2.75, 3.05) is 5.73 Å². The van der Waals surface area contributed by atoms with Gasteiger partial charge >= 0.3 is 5.97 Å². The summed E-state index contributed by atoms with van der Waals surface area (Å²) in [6.07, 6.45) is -0.376. The van der Waals surface area contributed by atoms with Crippen LogP contribution in [0.3, 0.4) is 0 Å². The van der Waals surface area contributed by atoms with E-state index in [9.17, 15) is 9.18 Å². The van der Waals surface area contributed by atoms with Crippen LogP contribution >= 0.6 is 0 Å². The SMILES string of the molecule is Nc1cccc(F)c1CC(=O)O. The molecule has 0 heterocycles. The number of benzene rings is 1. The second kappa shape index (κ2) is 3.21. The molecule has 12 heavy (non-hydrogen) atoms. The molecule has 0 radical (unpaired) electrons. The topological polar surface area (TPSA) is 63.3 Å². The van der Waals surface area contributed by atoms with E-state index in [1.54, 1.807) is 0 Å². The summed E-state index contributed by atoms with van der Waals surface area (Å²) in [5.41, 5.74) is 5.59. The van der Waals surface area contributed by atoms with Crippen molar-refractivity contribution < 1.29 is 14.3 Å². The number of carboxylic acid groups (broad SMARTS) is 1. The molecular formula is C8H8FNO2. The Balaban J connectivity index is 3.04. The van der Waals surface area contributed by atoms with E-state index in [1.165, 1.54) is 18.2 Å². The van der Waals surface area contributed by atoms with Gasteiger partial charge < -0.3 is 10.8 Å². The maximum absolute atomic E-state index is 12.9. The molecule has 0 aromatic heterocycles. The molecule has 64 valence electrons. The molecule has 0 fully saturated rings. The average molecular weight is 169 g/mol. The molecule has 0 bridgehead atoms. The summed E-state index contributed by atoms with van der Waals surface area (Å²) < 4.78 is 12.9. The fourth-order valence-electron chi connectivity index (χ4n) is 0.913. The normalized spacial score (nSPS) is 9.75. The van der Waals surface area contributed by atoms with Gasteiger partial charge in [0.2, 0.25) is 0 Å². The molecule has 1 rings (SSSR count). The third kappa shape index (κ3) is 1.72. The van der Waals surface area contributed by atoms with Crippen LogP contribution in [0.25, 0.3) is 0 Å². The standard InChI is InChI=1S/C8H8FNO2/c9-6-2-1-3-7(10)5(6)4-8(11)12/h1-3H,4,10H2,(H,11,12). The van der Waals surface area contributed by atoms with Crippen molar-refractivity contribution in [3.05, 3.63) is 29.6 Å². The number of nitrogen functional groups attached to an aromatic ring is 1. The summed E-state index contributed by atoms with van der Waals surface area (Å²) in [7, 11) is 0. The Kier molecular flexibility index (Phi) is 2.28. The second-order valence-corrected chi connectivity index (χ2v) is 2.38. The third-order valence-corrected chi connectivity index (χ3v) is 1.48. The molecule has 0 amide bonds. The van der Waals surface area contributed by atoms with Crippen LogP contribution < -0.4 is 5.73 Å². The Morgan fingerprint density at radius 3 is 2.75 bits per heavy atom. The van der Waals surface area contributed by atoms with Gasteiger partial charge in [-0.2, -0.15) is 0 Å². The fraction of sp³-hybridized carbons (Fsp3) is 0.125. The fourth-order valence-corrected chi connectivity index (χ4v) is 0.913. The van der Waals surface area contributed by atoms with Crippen LogP contribution in [-0.4, -0.2) is 11.1 Å². The Labute approximate surface area is 68.6 Å². The van der Waals surface area contributed by atoms with Crippen molar-refractivity contribution in [1.82, 2.24) is 0 Å². The summed E-state index contributed by atoms with van der Waals surface area (Å²) in [6.45, 7) is 0. The van der Waals surface area contributed by atoms with Crippen molar-refractivity contribution in [2.45, 2.75) is 6.42 Å². The minimum atomic E-state index is -1.09. The van der Waals surface area contributed by atoms with Gasteiger partial charge in [-0.05, 0) is 12.1 Å². The number of halogens is 1. The second-order valence-electron chi connectivity index (χ2n) is 2.38. The van der Waals surface area contributed by atoms with Crippen LogP contribution in [0.2, 0.25) is 0 Å². The highest BCUT2D eigenvalue weighted by molar-refractivity contribution is 5.72. The molecule has 0 saturated carbocycles. The Hall–Kier alpha value is -1.58. The van der Waals surface area contributed by atoms with E-state index in [4.69, 9.17) is 10.8 Å². The van der Waals surface area contributed by atoms with Gasteiger partial charge in [-0.25, -0.2) is 4.39 Å². The van der Waals surface area contributed by atoms with Crippen LogP contribution in [0.15, 0.2) is 18.2 Å². The van der Waals surface area contributed by atoms with Crippen molar-refractivity contribution in [1.29, 1.82) is 0 Å². The van der Waals surface area contributed by atoms with E-state index in [2.05, 4.69) is 0 Å². The number of nitrogens with two attached hydrogens (primary N) is 1. The van der Waals surface area contributed by atoms with Gasteiger partial charge in [0.1, 0.15) is 5.82 Å². The van der Waals surface area contributed by atoms with Gasteiger partial charge in [-0.3, -0.25) is 4.79 Å². The van der Waals surface area contributed by atoms with Gasteiger partial charge in [-0.1, -0.05) is 6.07 Å². The molecule has 3 nitrogen and oxygen atoms in total. The molecule has 0 spiro atoms. The molecule has 1 aromatic carbocycles. The van der Waals surface area contributed by atoms with E-state index < -0.39 is 11.8 Å². The van der Waals surface area contributed by atoms with Gasteiger partial charge in [0.25, 0.3) is 0 Å². The van der Waals surface area contributed by atoms with Crippen LogP contribution in [0.1, 0.15) is 5.56 Å². The predicted octanol–water partition coefficient (Wildman–Crippen LogP) is 1.04. The monoisotopic (exact) mass is 169 g/mol. The van der Waals surface area contributed by atoms with Crippen LogP contribution in [0, 0.1) is 5.82 Å². The van der Waals surface area contributed by atoms with Crippen molar-refractivity contribution >= 4 is 11.7 Å². The molecule has 1 aromatic rings. The van der Waals surface area contributed by atoms with E-state index in [-0.39, 0.29) is 17.7 Å². The summed E-state index contributed by atoms with van der Waals surface area (Å²) in [6, 6.07) is 4.10. The lowest BCUT2D eigenvalue weighted by molar-refractivity contribution is -0.136. The van der Waals surface area contributed by atoms with Gasteiger partial charge in [0.05, 0.1) is 6.42 Å². The summed E-state index contributed by atoms with van der Waals surface area (Å²) in [5, 5.41) is 8.39. The van der Waals surface area contributed by atoms with E-state index >= 15 is 0 Å². The van der Waals surface area contributed by atoms with E-state index in [0.29, 0.717) is 0 Å². The molecule has 0 atom stereocenters. The van der Waals surface area contributed by atoms with Gasteiger partial charge in [-0.15, -0.1) is 0 Å². The lowest BCUT2D eigenvalue weighted by Crippen LogP contribution is -2.05. The Morgan fingerprint density at radius 2 is 2.25 bits per heavy atom. The molecule has 4 heteroatoms. The van der Waals surface area contributed by atoms with Crippen LogP contribution in [0.5, 0.6) is 0 Å². The zero-order valence-corrected chi connectivity index (χ0v) is 6.25. The highest BCUT2D eigenvalue weighted by Crippen LogP contribution is 2.15. The van der Waals surface area contributed by atoms with Crippen molar-refractivity contribution in [3.8, 4) is 0 Å². The first-order valence-corrected chi connectivity index (χ1v) is 3.36. The predicted molar refractivity (Wildman–Crippen MR) is 42.2 cm³/mol. The number of rotatable bonds is 2. The number of carbonyl (C=O) groups is 1. The number of carboxylic acids is 1. The maximum atomic E-state index is 12.9. The largest absolute Gasteiger partial charge is 0.481 e. The number of hydrogen-bond acceptors (Lipinski definition) is 2. The summed E-state index contributed by atoms with van der Waals surface area (Å²) in [5.74, 6) is -1.66. The van der Waals surface area contributed by atoms with Crippen molar-refractivity contribution in [3.63, 3.8) is 0 Å². The first-order valence-electron chi connectivity index (χ1n) is 3.36. The molecule has 0 aliphatic carbocycles. The van der Waals surface area contributed by atoms with Gasteiger partial charge in [0, 0.05) is 11.3 Å². The number of hydrogen-bond donors (Lipinski definition) is 2.